The van der Waals surface area contributed by atoms with E-state index in [1.54, 1.807) is 12.1 Å². The van der Waals surface area contributed by atoms with Crippen LogP contribution in [-0.4, -0.2) is 30.0 Å². The maximum Gasteiger partial charge on any atom is 0.480 e. The number of halogens is 1. The predicted molar refractivity (Wildman–Crippen MR) is 90.0 cm³/mol. The zero-order valence-corrected chi connectivity index (χ0v) is 15.2. The van der Waals surface area contributed by atoms with E-state index in [-0.39, 0.29) is 5.75 Å². The van der Waals surface area contributed by atoms with Gasteiger partial charge in [-0.1, -0.05) is 0 Å². The van der Waals surface area contributed by atoms with Crippen LogP contribution in [0.25, 0.3) is 0 Å². The number of benzene rings is 1. The Morgan fingerprint density at radius 1 is 1.27 bits per heavy atom. The molecule has 1 aliphatic heterocycles. The number of aromatic hydroxyl groups is 1. The lowest BCUT2D eigenvalue weighted by Crippen LogP contribution is -2.41. The highest BCUT2D eigenvalue weighted by molar-refractivity contribution is 9.10. The van der Waals surface area contributed by atoms with Crippen molar-refractivity contribution in [2.75, 3.05) is 6.61 Å². The van der Waals surface area contributed by atoms with Crippen molar-refractivity contribution >= 4 is 23.0 Å². The molecule has 5 nitrogen and oxygen atoms in total. The summed E-state index contributed by atoms with van der Waals surface area (Å²) in [6.07, 6.45) is 0. The average molecular weight is 372 g/mol. The minimum Gasteiger partial charge on any atom is -0.503 e. The fourth-order valence-electron chi connectivity index (χ4n) is 2.24. The fraction of sp³-hybridized carbons (Fsp3) is 0.600. The van der Waals surface area contributed by atoms with Gasteiger partial charge in [-0.3, -0.25) is 0 Å². The molecule has 3 N–H and O–H groups in total. The molecule has 1 aliphatic rings. The highest BCUT2D eigenvalue weighted by Crippen LogP contribution is 2.42. The maximum atomic E-state index is 9.99. The van der Waals surface area contributed by atoms with Crippen LogP contribution in [-0.2, 0) is 9.31 Å². The first kappa shape index (κ1) is 17.6. The molecule has 7 heteroatoms. The third kappa shape index (κ3) is 3.13. The standard InChI is InChI=1S/C15H23BBrNO4/c1-6-20-11-8-9(7-10(17)12(11)19)13(18)16-21-14(2,3)15(4,5)22-16/h7-8,13,19H,6,18H2,1-5H3/t13-/m1/s1. The van der Waals surface area contributed by atoms with Gasteiger partial charge in [-0.15, -0.1) is 0 Å². The molecule has 0 amide bonds. The Hall–Kier alpha value is -0.755. The van der Waals surface area contributed by atoms with E-state index in [1.165, 1.54) is 0 Å². The summed E-state index contributed by atoms with van der Waals surface area (Å²) in [5.41, 5.74) is 6.21. The average Bonchev–Trinajstić information content (AvgIpc) is 2.63. The van der Waals surface area contributed by atoms with Crippen LogP contribution in [0.4, 0.5) is 0 Å². The van der Waals surface area contributed by atoms with Crippen molar-refractivity contribution in [3.05, 3.63) is 22.2 Å². The third-order valence-electron chi connectivity index (χ3n) is 4.30. The molecule has 0 aliphatic carbocycles. The topological polar surface area (TPSA) is 73.9 Å². The molecule has 0 bridgehead atoms. The maximum absolute atomic E-state index is 9.99. The molecule has 1 fully saturated rings. The number of rotatable bonds is 4. The predicted octanol–water partition coefficient (Wildman–Crippen LogP) is 3.18. The molecule has 0 aromatic heterocycles. The molecule has 0 saturated carbocycles. The van der Waals surface area contributed by atoms with E-state index in [1.807, 2.05) is 34.6 Å². The highest BCUT2D eigenvalue weighted by atomic mass is 79.9. The molecule has 0 radical (unpaired) electrons. The van der Waals surface area contributed by atoms with Crippen LogP contribution in [0, 0.1) is 0 Å². The monoisotopic (exact) mass is 371 g/mol. The molecule has 22 heavy (non-hydrogen) atoms. The first-order valence-corrected chi connectivity index (χ1v) is 8.15. The van der Waals surface area contributed by atoms with E-state index < -0.39 is 24.3 Å². The number of hydrogen-bond donors (Lipinski definition) is 2. The van der Waals surface area contributed by atoms with Crippen molar-refractivity contribution in [3.63, 3.8) is 0 Å². The van der Waals surface area contributed by atoms with Crippen LogP contribution in [0.1, 0.15) is 46.1 Å². The van der Waals surface area contributed by atoms with Gasteiger partial charge in [0.1, 0.15) is 0 Å². The zero-order valence-electron chi connectivity index (χ0n) is 13.6. The lowest BCUT2D eigenvalue weighted by molar-refractivity contribution is 0.00578. The second-order valence-corrected chi connectivity index (χ2v) is 7.29. The van der Waals surface area contributed by atoms with Gasteiger partial charge in [0.25, 0.3) is 0 Å². The van der Waals surface area contributed by atoms with Gasteiger partial charge in [-0.2, -0.15) is 0 Å². The van der Waals surface area contributed by atoms with Crippen LogP contribution < -0.4 is 10.5 Å². The van der Waals surface area contributed by atoms with E-state index >= 15 is 0 Å². The van der Waals surface area contributed by atoms with E-state index in [4.69, 9.17) is 19.8 Å². The lowest BCUT2D eigenvalue weighted by Gasteiger charge is -2.32. The molecule has 1 aromatic carbocycles. The van der Waals surface area contributed by atoms with Gasteiger partial charge in [-0.25, -0.2) is 0 Å². The summed E-state index contributed by atoms with van der Waals surface area (Å²) in [4.78, 5) is 0. The molecule has 2 rings (SSSR count). The quantitative estimate of drug-likeness (QED) is 0.795. The van der Waals surface area contributed by atoms with E-state index in [0.29, 0.717) is 16.8 Å². The lowest BCUT2D eigenvalue weighted by atomic mass is 9.75. The summed E-state index contributed by atoms with van der Waals surface area (Å²) in [7, 11) is -0.559. The van der Waals surface area contributed by atoms with Crippen molar-refractivity contribution in [1.29, 1.82) is 0 Å². The van der Waals surface area contributed by atoms with Gasteiger partial charge in [0.2, 0.25) is 0 Å². The number of phenols is 1. The SMILES string of the molecule is CCOc1cc([C@@H](N)B2OC(C)(C)C(C)(C)O2)cc(Br)c1O. The molecular formula is C15H23BBrNO4. The Morgan fingerprint density at radius 2 is 1.82 bits per heavy atom. The summed E-state index contributed by atoms with van der Waals surface area (Å²) in [5, 5.41) is 9.99. The first-order chi connectivity index (χ1) is 10.1. The normalized spacial score (nSPS) is 21.0. The molecule has 122 valence electrons. The molecular weight excluding hydrogens is 349 g/mol. The van der Waals surface area contributed by atoms with Crippen molar-refractivity contribution in [3.8, 4) is 11.5 Å². The van der Waals surface area contributed by atoms with Gasteiger partial charge in [0, 0.05) is 0 Å². The van der Waals surface area contributed by atoms with Crippen LogP contribution in [0.3, 0.4) is 0 Å². The Morgan fingerprint density at radius 3 is 2.32 bits per heavy atom. The Bertz CT molecular complexity index is 549. The van der Waals surface area contributed by atoms with Crippen LogP contribution in [0.5, 0.6) is 11.5 Å². The highest BCUT2D eigenvalue weighted by Gasteiger charge is 2.53. The summed E-state index contributed by atoms with van der Waals surface area (Å²) >= 11 is 3.32. The van der Waals surface area contributed by atoms with Gasteiger partial charge in [0.05, 0.1) is 28.2 Å². The number of ether oxygens (including phenoxy) is 1. The van der Waals surface area contributed by atoms with Crippen LogP contribution in [0.2, 0.25) is 0 Å². The third-order valence-corrected chi connectivity index (χ3v) is 4.90. The molecule has 1 heterocycles. The molecule has 1 aromatic rings. The van der Waals surface area contributed by atoms with Gasteiger partial charge >= 0.3 is 7.12 Å². The first-order valence-electron chi connectivity index (χ1n) is 7.35. The van der Waals surface area contributed by atoms with Crippen LogP contribution >= 0.6 is 15.9 Å². The van der Waals surface area contributed by atoms with Gasteiger partial charge in [0.15, 0.2) is 11.5 Å². The summed E-state index contributed by atoms with van der Waals surface area (Å²) in [6.45, 7) is 10.2. The smallest absolute Gasteiger partial charge is 0.480 e. The van der Waals surface area contributed by atoms with Crippen molar-refractivity contribution in [2.24, 2.45) is 5.73 Å². The van der Waals surface area contributed by atoms with Crippen molar-refractivity contribution in [2.45, 2.75) is 51.8 Å². The molecule has 1 atom stereocenters. The molecule has 0 spiro atoms. The fourth-order valence-corrected chi connectivity index (χ4v) is 2.70. The number of nitrogens with two attached hydrogens (primary N) is 1. The van der Waals surface area contributed by atoms with Crippen molar-refractivity contribution < 1.29 is 19.2 Å². The van der Waals surface area contributed by atoms with E-state index in [0.717, 1.165) is 5.56 Å². The molecule has 1 saturated heterocycles. The van der Waals surface area contributed by atoms with E-state index in [9.17, 15) is 5.11 Å². The Labute approximate surface area is 140 Å². The zero-order chi connectivity index (χ0) is 16.7. The van der Waals surface area contributed by atoms with Gasteiger partial charge < -0.3 is 24.9 Å². The summed E-state index contributed by atoms with van der Waals surface area (Å²) in [5.74, 6) is -0.0392. The second kappa shape index (κ2) is 6.04. The summed E-state index contributed by atoms with van der Waals surface area (Å²) < 4.78 is 17.9. The minimum absolute atomic E-state index is 0.0618. The van der Waals surface area contributed by atoms with Gasteiger partial charge in [-0.05, 0) is 68.2 Å². The summed E-state index contributed by atoms with van der Waals surface area (Å²) in [6, 6.07) is 3.48. The van der Waals surface area contributed by atoms with Crippen molar-refractivity contribution in [1.82, 2.24) is 0 Å². The minimum atomic E-state index is -0.559. The largest absolute Gasteiger partial charge is 0.503 e. The molecule has 0 unspecified atom stereocenters. The number of hydrogen-bond acceptors (Lipinski definition) is 5. The Balaban J connectivity index is 2.29. The van der Waals surface area contributed by atoms with Crippen LogP contribution in [0.15, 0.2) is 16.6 Å². The Kier molecular flexibility index (Phi) is 4.83. The second-order valence-electron chi connectivity index (χ2n) is 6.43. The number of phenolic OH excluding ortho intramolecular Hbond substituents is 1. The van der Waals surface area contributed by atoms with E-state index in [2.05, 4.69) is 15.9 Å².